The molecular weight excluding hydrogens is 225 g/mol. The lowest BCUT2D eigenvalue weighted by Gasteiger charge is -2.30. The third-order valence-corrected chi connectivity index (χ3v) is 4.40. The van der Waals surface area contributed by atoms with Gasteiger partial charge in [-0.25, -0.2) is 4.39 Å². The third kappa shape index (κ3) is 2.68. The molecule has 1 aliphatic heterocycles. The van der Waals surface area contributed by atoms with Gasteiger partial charge in [0, 0.05) is 34.4 Å². The summed E-state index contributed by atoms with van der Waals surface area (Å²) in [5.74, 6) is 1.06. The van der Waals surface area contributed by atoms with Crippen molar-refractivity contribution in [1.82, 2.24) is 5.32 Å². The molecule has 1 saturated heterocycles. The summed E-state index contributed by atoms with van der Waals surface area (Å²) in [5, 5.41) is 3.42. The first-order chi connectivity index (χ1) is 7.69. The van der Waals surface area contributed by atoms with E-state index in [2.05, 4.69) is 12.2 Å². The van der Waals surface area contributed by atoms with E-state index in [9.17, 15) is 8.60 Å². The number of benzene rings is 1. The van der Waals surface area contributed by atoms with Gasteiger partial charge in [0.15, 0.2) is 0 Å². The summed E-state index contributed by atoms with van der Waals surface area (Å²) in [6.07, 6.45) is 0.956. The third-order valence-electron chi connectivity index (χ3n) is 2.92. The SMILES string of the molecule is CCC1CS(=O)CC(c2cccc(F)c2)N1. The van der Waals surface area contributed by atoms with Gasteiger partial charge in [-0.15, -0.1) is 0 Å². The first kappa shape index (κ1) is 11.7. The van der Waals surface area contributed by atoms with Gasteiger partial charge in [0.05, 0.1) is 0 Å². The van der Waals surface area contributed by atoms with Crippen LogP contribution in [0.25, 0.3) is 0 Å². The number of rotatable bonds is 2. The topological polar surface area (TPSA) is 29.1 Å². The highest BCUT2D eigenvalue weighted by molar-refractivity contribution is 7.85. The van der Waals surface area contributed by atoms with E-state index in [0.29, 0.717) is 11.5 Å². The zero-order chi connectivity index (χ0) is 11.5. The molecule has 3 unspecified atom stereocenters. The standard InChI is InChI=1S/C12H16FNOS/c1-2-11-7-16(15)8-12(14-11)9-4-3-5-10(13)6-9/h3-6,11-12,14H,2,7-8H2,1H3. The Morgan fingerprint density at radius 3 is 3.00 bits per heavy atom. The minimum absolute atomic E-state index is 0.0234. The Labute approximate surface area is 97.7 Å². The lowest BCUT2D eigenvalue weighted by molar-refractivity contribution is 0.454. The summed E-state index contributed by atoms with van der Waals surface area (Å²) < 4.78 is 24.8. The van der Waals surface area contributed by atoms with Crippen molar-refractivity contribution in [1.29, 1.82) is 0 Å². The maximum Gasteiger partial charge on any atom is 0.123 e. The smallest absolute Gasteiger partial charge is 0.123 e. The fraction of sp³-hybridized carbons (Fsp3) is 0.500. The summed E-state index contributed by atoms with van der Waals surface area (Å²) in [6.45, 7) is 2.07. The maximum absolute atomic E-state index is 13.1. The van der Waals surface area contributed by atoms with Crippen molar-refractivity contribution in [3.8, 4) is 0 Å². The van der Waals surface area contributed by atoms with E-state index < -0.39 is 10.8 Å². The molecule has 1 N–H and O–H groups in total. The maximum atomic E-state index is 13.1. The molecule has 0 radical (unpaired) electrons. The van der Waals surface area contributed by atoms with Gasteiger partial charge >= 0.3 is 0 Å². The van der Waals surface area contributed by atoms with E-state index in [1.807, 2.05) is 6.07 Å². The quantitative estimate of drug-likeness (QED) is 0.858. The molecule has 4 heteroatoms. The van der Waals surface area contributed by atoms with E-state index in [0.717, 1.165) is 12.0 Å². The van der Waals surface area contributed by atoms with Crippen LogP contribution >= 0.6 is 0 Å². The van der Waals surface area contributed by atoms with Crippen molar-refractivity contribution in [2.75, 3.05) is 11.5 Å². The molecule has 0 bridgehead atoms. The van der Waals surface area contributed by atoms with Gasteiger partial charge in [0.2, 0.25) is 0 Å². The molecule has 1 heterocycles. The van der Waals surface area contributed by atoms with Crippen LogP contribution in [0.4, 0.5) is 4.39 Å². The zero-order valence-corrected chi connectivity index (χ0v) is 10.1. The van der Waals surface area contributed by atoms with E-state index in [4.69, 9.17) is 0 Å². The van der Waals surface area contributed by atoms with E-state index in [-0.39, 0.29) is 17.9 Å². The second-order valence-corrected chi connectivity index (χ2v) is 5.70. The highest BCUT2D eigenvalue weighted by atomic mass is 32.2. The number of hydrogen-bond acceptors (Lipinski definition) is 2. The van der Waals surface area contributed by atoms with Crippen LogP contribution in [-0.4, -0.2) is 21.8 Å². The van der Waals surface area contributed by atoms with E-state index in [1.54, 1.807) is 6.07 Å². The van der Waals surface area contributed by atoms with Crippen LogP contribution in [0, 0.1) is 5.82 Å². The van der Waals surface area contributed by atoms with E-state index >= 15 is 0 Å². The fourth-order valence-electron chi connectivity index (χ4n) is 2.01. The van der Waals surface area contributed by atoms with Crippen molar-refractivity contribution < 1.29 is 8.60 Å². The van der Waals surface area contributed by atoms with Crippen molar-refractivity contribution in [2.24, 2.45) is 0 Å². The molecule has 0 saturated carbocycles. The highest BCUT2D eigenvalue weighted by Gasteiger charge is 2.25. The van der Waals surface area contributed by atoms with Crippen LogP contribution in [0.15, 0.2) is 24.3 Å². The van der Waals surface area contributed by atoms with Crippen molar-refractivity contribution in [3.63, 3.8) is 0 Å². The van der Waals surface area contributed by atoms with Gasteiger partial charge in [-0.05, 0) is 24.1 Å². The zero-order valence-electron chi connectivity index (χ0n) is 9.28. The average molecular weight is 241 g/mol. The highest BCUT2D eigenvalue weighted by Crippen LogP contribution is 2.20. The molecule has 1 aromatic carbocycles. The largest absolute Gasteiger partial charge is 0.305 e. The molecular formula is C12H16FNOS. The Kier molecular flexibility index (Phi) is 3.71. The van der Waals surface area contributed by atoms with Gasteiger partial charge in [-0.1, -0.05) is 19.1 Å². The van der Waals surface area contributed by atoms with Crippen LogP contribution in [0.5, 0.6) is 0 Å². The Balaban J connectivity index is 2.17. The molecule has 1 fully saturated rings. The van der Waals surface area contributed by atoms with Gasteiger partial charge in [-0.3, -0.25) is 4.21 Å². The summed E-state index contributed by atoms with van der Waals surface area (Å²) in [4.78, 5) is 0. The predicted molar refractivity (Wildman–Crippen MR) is 64.2 cm³/mol. The van der Waals surface area contributed by atoms with Crippen LogP contribution in [0.2, 0.25) is 0 Å². The second-order valence-electron chi connectivity index (χ2n) is 4.15. The molecule has 0 aliphatic carbocycles. The Bertz CT molecular complexity index is 396. The summed E-state index contributed by atoms with van der Waals surface area (Å²) in [5.41, 5.74) is 0.895. The van der Waals surface area contributed by atoms with Gasteiger partial charge < -0.3 is 5.32 Å². The summed E-state index contributed by atoms with van der Waals surface area (Å²) in [6, 6.07) is 6.84. The van der Waals surface area contributed by atoms with E-state index in [1.165, 1.54) is 12.1 Å². The summed E-state index contributed by atoms with van der Waals surface area (Å²) in [7, 11) is -0.792. The van der Waals surface area contributed by atoms with Gasteiger partial charge in [0.25, 0.3) is 0 Å². The first-order valence-electron chi connectivity index (χ1n) is 5.55. The molecule has 16 heavy (non-hydrogen) atoms. The van der Waals surface area contributed by atoms with Crippen LogP contribution in [0.1, 0.15) is 24.9 Å². The van der Waals surface area contributed by atoms with Crippen LogP contribution < -0.4 is 5.32 Å². The molecule has 2 rings (SSSR count). The lowest BCUT2D eigenvalue weighted by atomic mass is 10.1. The fourth-order valence-corrected chi connectivity index (χ4v) is 3.59. The molecule has 0 spiro atoms. The van der Waals surface area contributed by atoms with Gasteiger partial charge in [-0.2, -0.15) is 0 Å². The van der Waals surface area contributed by atoms with Crippen LogP contribution in [0.3, 0.4) is 0 Å². The minimum atomic E-state index is -0.792. The molecule has 88 valence electrons. The summed E-state index contributed by atoms with van der Waals surface area (Å²) >= 11 is 0. The second kappa shape index (κ2) is 5.06. The van der Waals surface area contributed by atoms with Crippen LogP contribution in [-0.2, 0) is 10.8 Å². The number of halogens is 1. The molecule has 1 aliphatic rings. The first-order valence-corrected chi connectivity index (χ1v) is 7.04. The normalized spacial score (nSPS) is 30.2. The number of hydrogen-bond donors (Lipinski definition) is 1. The Morgan fingerprint density at radius 2 is 2.31 bits per heavy atom. The molecule has 0 aromatic heterocycles. The van der Waals surface area contributed by atoms with Crippen molar-refractivity contribution in [3.05, 3.63) is 35.6 Å². The Morgan fingerprint density at radius 1 is 1.50 bits per heavy atom. The minimum Gasteiger partial charge on any atom is -0.305 e. The number of nitrogens with one attached hydrogen (secondary N) is 1. The lowest BCUT2D eigenvalue weighted by Crippen LogP contribution is -2.44. The predicted octanol–water partition coefficient (Wildman–Crippen LogP) is 2.00. The molecule has 0 amide bonds. The monoisotopic (exact) mass is 241 g/mol. The molecule has 2 nitrogen and oxygen atoms in total. The van der Waals surface area contributed by atoms with Gasteiger partial charge in [0.1, 0.15) is 5.82 Å². The average Bonchev–Trinajstić information content (AvgIpc) is 2.28. The Hall–Kier alpha value is -0.740. The van der Waals surface area contributed by atoms with Crippen molar-refractivity contribution in [2.45, 2.75) is 25.4 Å². The molecule has 3 atom stereocenters. The van der Waals surface area contributed by atoms with Crippen molar-refractivity contribution >= 4 is 10.8 Å². The molecule has 1 aromatic rings.